The molecule has 162 valence electrons. The zero-order valence-corrected chi connectivity index (χ0v) is 18.2. The highest BCUT2D eigenvalue weighted by Crippen LogP contribution is 2.24. The van der Waals surface area contributed by atoms with Crippen LogP contribution in [-0.2, 0) is 16.6 Å². The van der Waals surface area contributed by atoms with Gasteiger partial charge in [-0.3, -0.25) is 14.6 Å². The molecule has 4 rings (SSSR count). The lowest BCUT2D eigenvalue weighted by Crippen LogP contribution is -2.15. The van der Waals surface area contributed by atoms with Crippen LogP contribution < -0.4 is 10.6 Å². The van der Waals surface area contributed by atoms with E-state index in [2.05, 4.69) is 20.8 Å². The Bertz CT molecular complexity index is 1270. The van der Waals surface area contributed by atoms with E-state index in [1.165, 1.54) is 0 Å². The second kappa shape index (κ2) is 8.63. The second-order valence-corrected chi connectivity index (χ2v) is 8.61. The maximum Gasteiger partial charge on any atom is 0.255 e. The van der Waals surface area contributed by atoms with Gasteiger partial charge in [-0.25, -0.2) is 0 Å². The number of aromatic nitrogens is 2. The van der Waals surface area contributed by atoms with Crippen molar-refractivity contribution in [2.24, 2.45) is 0 Å². The molecule has 2 N–H and O–H groups in total. The third-order valence-electron chi connectivity index (χ3n) is 4.96. The molecule has 32 heavy (non-hydrogen) atoms. The summed E-state index contributed by atoms with van der Waals surface area (Å²) in [4.78, 5) is 29.2. The highest BCUT2D eigenvalue weighted by molar-refractivity contribution is 6.06. The average Bonchev–Trinajstić information content (AvgIpc) is 3.23. The van der Waals surface area contributed by atoms with Crippen molar-refractivity contribution >= 4 is 34.2 Å². The minimum Gasteiger partial charge on any atom is -0.359 e. The molecule has 0 atom stereocenters. The van der Waals surface area contributed by atoms with Gasteiger partial charge in [0, 0.05) is 34.3 Å². The van der Waals surface area contributed by atoms with Gasteiger partial charge in [-0.15, -0.1) is 0 Å². The summed E-state index contributed by atoms with van der Waals surface area (Å²) in [6, 6.07) is 18.1. The molecule has 0 spiro atoms. The van der Waals surface area contributed by atoms with Crippen LogP contribution in [-0.4, -0.2) is 22.0 Å². The van der Waals surface area contributed by atoms with Crippen LogP contribution in [0, 0.1) is 0 Å². The fraction of sp³-hybridized carbons (Fsp3) is 0.200. The Kier molecular flexibility index (Phi) is 5.73. The Balaban J connectivity index is 1.35. The molecule has 2 aromatic heterocycles. The predicted octanol–water partition coefficient (Wildman–Crippen LogP) is 4.95. The lowest BCUT2D eigenvalue weighted by Gasteiger charge is -2.12. The highest BCUT2D eigenvalue weighted by atomic mass is 16.5. The van der Waals surface area contributed by atoms with E-state index in [4.69, 9.17) is 4.52 Å². The van der Waals surface area contributed by atoms with Gasteiger partial charge in [0.1, 0.15) is 5.76 Å². The van der Waals surface area contributed by atoms with Crippen LogP contribution in [0.25, 0.3) is 10.9 Å². The summed E-state index contributed by atoms with van der Waals surface area (Å²) in [5.41, 5.74) is 2.58. The van der Waals surface area contributed by atoms with Gasteiger partial charge in [0.15, 0.2) is 5.82 Å². The van der Waals surface area contributed by atoms with Crippen molar-refractivity contribution in [3.05, 3.63) is 83.7 Å². The molecule has 2 aromatic carbocycles. The van der Waals surface area contributed by atoms with E-state index < -0.39 is 0 Å². The van der Waals surface area contributed by atoms with Crippen LogP contribution in [0.15, 0.2) is 71.4 Å². The molecule has 0 aliphatic rings. The average molecular weight is 428 g/mol. The molecule has 0 saturated heterocycles. The number of nitrogens with one attached hydrogen (secondary N) is 2. The zero-order valence-electron chi connectivity index (χ0n) is 18.2. The number of fused-ring (bicyclic) bond motifs is 1. The van der Waals surface area contributed by atoms with Crippen molar-refractivity contribution in [3.8, 4) is 0 Å². The monoisotopic (exact) mass is 428 g/mol. The molecule has 7 nitrogen and oxygen atoms in total. The molecule has 0 aliphatic carbocycles. The molecule has 2 amide bonds. The van der Waals surface area contributed by atoms with Crippen molar-refractivity contribution in [2.75, 3.05) is 10.6 Å². The lowest BCUT2D eigenvalue weighted by molar-refractivity contribution is -0.115. The molecule has 4 aromatic rings. The number of carbonyl (C=O) groups is 2. The molecule has 0 bridgehead atoms. The van der Waals surface area contributed by atoms with Crippen molar-refractivity contribution in [1.29, 1.82) is 0 Å². The molecule has 0 radical (unpaired) electrons. The van der Waals surface area contributed by atoms with E-state index >= 15 is 0 Å². The summed E-state index contributed by atoms with van der Waals surface area (Å²) in [6.45, 7) is 6.03. The molecule has 0 saturated carbocycles. The minimum absolute atomic E-state index is 0.181. The Labute approximate surface area is 185 Å². The molecular formula is C25H24N4O3. The van der Waals surface area contributed by atoms with Crippen molar-refractivity contribution < 1.29 is 14.1 Å². The van der Waals surface area contributed by atoms with Crippen molar-refractivity contribution in [2.45, 2.75) is 32.6 Å². The Hall–Kier alpha value is -4.00. The highest BCUT2D eigenvalue weighted by Gasteiger charge is 2.20. The van der Waals surface area contributed by atoms with Crippen LogP contribution in [0.1, 0.15) is 42.5 Å². The van der Waals surface area contributed by atoms with E-state index in [9.17, 15) is 9.59 Å². The minimum atomic E-state index is -0.219. The first kappa shape index (κ1) is 21.2. The smallest absolute Gasteiger partial charge is 0.255 e. The maximum atomic E-state index is 12.6. The summed E-state index contributed by atoms with van der Waals surface area (Å²) >= 11 is 0. The third kappa shape index (κ3) is 5.00. The van der Waals surface area contributed by atoms with E-state index in [1.54, 1.807) is 48.7 Å². The largest absolute Gasteiger partial charge is 0.359 e. The molecule has 0 fully saturated rings. The van der Waals surface area contributed by atoms with Gasteiger partial charge >= 0.3 is 0 Å². The standard InChI is InChI=1S/C25H24N4O3/c1-25(2,3)21-15-22(29-32-21)28-23(30)13-16-6-10-19(11-7-16)27-24(31)18-9-8-17-5-4-12-26-20(17)14-18/h4-12,14-15H,13H2,1-3H3,(H,27,31)(H,28,29,30). The van der Waals surface area contributed by atoms with Crippen LogP contribution >= 0.6 is 0 Å². The first-order valence-electron chi connectivity index (χ1n) is 10.3. The van der Waals surface area contributed by atoms with Crippen LogP contribution in [0.4, 0.5) is 11.5 Å². The number of anilines is 2. The summed E-state index contributed by atoms with van der Waals surface area (Å²) in [5.74, 6) is 0.687. The molecule has 0 unspecified atom stereocenters. The predicted molar refractivity (Wildman–Crippen MR) is 124 cm³/mol. The molecule has 7 heteroatoms. The fourth-order valence-electron chi connectivity index (χ4n) is 3.18. The van der Waals surface area contributed by atoms with Gasteiger partial charge < -0.3 is 15.2 Å². The number of rotatable bonds is 5. The van der Waals surface area contributed by atoms with E-state index in [0.717, 1.165) is 16.5 Å². The zero-order chi connectivity index (χ0) is 22.7. The summed E-state index contributed by atoms with van der Waals surface area (Å²) in [6.07, 6.45) is 1.88. The number of hydrogen-bond acceptors (Lipinski definition) is 5. The van der Waals surface area contributed by atoms with Gasteiger partial charge in [0.25, 0.3) is 5.91 Å². The van der Waals surface area contributed by atoms with Gasteiger partial charge in [-0.05, 0) is 35.9 Å². The number of hydrogen-bond donors (Lipinski definition) is 2. The second-order valence-electron chi connectivity index (χ2n) is 8.61. The quantitative estimate of drug-likeness (QED) is 0.469. The van der Waals surface area contributed by atoms with Crippen LogP contribution in [0.3, 0.4) is 0 Å². The first-order chi connectivity index (χ1) is 15.3. The topological polar surface area (TPSA) is 97.1 Å². The van der Waals surface area contributed by atoms with Crippen LogP contribution in [0.5, 0.6) is 0 Å². The summed E-state index contributed by atoms with van der Waals surface area (Å²) in [7, 11) is 0. The van der Waals surface area contributed by atoms with Gasteiger partial charge in [0.05, 0.1) is 11.9 Å². The van der Waals surface area contributed by atoms with Crippen molar-refractivity contribution in [3.63, 3.8) is 0 Å². The number of benzene rings is 2. The Morgan fingerprint density at radius 2 is 1.75 bits per heavy atom. The number of nitrogens with zero attached hydrogens (tertiary/aromatic N) is 2. The number of carbonyl (C=O) groups excluding carboxylic acids is 2. The van der Waals surface area contributed by atoms with Gasteiger partial charge in [-0.1, -0.05) is 50.2 Å². The van der Waals surface area contributed by atoms with Gasteiger partial charge in [0.2, 0.25) is 5.91 Å². The molecule has 0 aliphatic heterocycles. The lowest BCUT2D eigenvalue weighted by atomic mass is 9.93. The normalized spacial score (nSPS) is 11.3. The van der Waals surface area contributed by atoms with Crippen LogP contribution in [0.2, 0.25) is 0 Å². The Morgan fingerprint density at radius 3 is 2.47 bits per heavy atom. The van der Waals surface area contributed by atoms with Crippen molar-refractivity contribution in [1.82, 2.24) is 10.1 Å². The summed E-state index contributed by atoms with van der Waals surface area (Å²) in [5, 5.41) is 10.5. The van der Waals surface area contributed by atoms with E-state index in [-0.39, 0.29) is 23.7 Å². The fourth-order valence-corrected chi connectivity index (χ4v) is 3.18. The summed E-state index contributed by atoms with van der Waals surface area (Å²) < 4.78 is 5.28. The third-order valence-corrected chi connectivity index (χ3v) is 4.96. The number of pyridine rings is 1. The number of amides is 2. The molecular weight excluding hydrogens is 404 g/mol. The Morgan fingerprint density at radius 1 is 0.969 bits per heavy atom. The molecule has 2 heterocycles. The maximum absolute atomic E-state index is 12.6. The van der Waals surface area contributed by atoms with Gasteiger partial charge in [-0.2, -0.15) is 0 Å². The first-order valence-corrected chi connectivity index (χ1v) is 10.3. The van der Waals surface area contributed by atoms with E-state index in [1.807, 2.05) is 39.0 Å². The van der Waals surface area contributed by atoms with E-state index in [0.29, 0.717) is 22.8 Å². The SMILES string of the molecule is CC(C)(C)c1cc(NC(=O)Cc2ccc(NC(=O)c3ccc4cccnc4c3)cc2)no1.